The van der Waals surface area contributed by atoms with E-state index in [-0.39, 0.29) is 17.3 Å². The Labute approximate surface area is 116 Å². The maximum Gasteiger partial charge on any atom is 0.265 e. The lowest BCUT2D eigenvalue weighted by Gasteiger charge is -2.11. The molecule has 0 saturated heterocycles. The predicted molar refractivity (Wildman–Crippen MR) is 72.9 cm³/mol. The molecular formula is C12H15N3O4S. The topological polar surface area (TPSA) is 93.4 Å². The van der Waals surface area contributed by atoms with Crippen LogP contribution in [0.25, 0.3) is 0 Å². The van der Waals surface area contributed by atoms with Gasteiger partial charge in [0.2, 0.25) is 0 Å². The van der Waals surface area contributed by atoms with Gasteiger partial charge in [-0.05, 0) is 17.7 Å². The summed E-state index contributed by atoms with van der Waals surface area (Å²) >= 11 is 0. The monoisotopic (exact) mass is 297 g/mol. The van der Waals surface area contributed by atoms with Crippen molar-refractivity contribution in [2.24, 2.45) is 7.05 Å². The first-order chi connectivity index (χ1) is 9.46. The van der Waals surface area contributed by atoms with Crippen LogP contribution >= 0.6 is 0 Å². The summed E-state index contributed by atoms with van der Waals surface area (Å²) in [6.45, 7) is -0.188. The molecule has 0 unspecified atom stereocenters. The van der Waals surface area contributed by atoms with Gasteiger partial charge in [-0.15, -0.1) is 0 Å². The molecule has 0 aliphatic heterocycles. The highest BCUT2D eigenvalue weighted by Crippen LogP contribution is 2.26. The second-order valence-electron chi connectivity index (χ2n) is 4.15. The summed E-state index contributed by atoms with van der Waals surface area (Å²) in [4.78, 5) is 0.000975. The van der Waals surface area contributed by atoms with Crippen LogP contribution < -0.4 is 9.46 Å². The first kappa shape index (κ1) is 14.4. The summed E-state index contributed by atoms with van der Waals surface area (Å²) in [5.74, 6) is 0.174. The minimum atomic E-state index is -3.78. The average molecular weight is 297 g/mol. The van der Waals surface area contributed by atoms with Crippen LogP contribution in [0.4, 0.5) is 5.69 Å². The Morgan fingerprint density at radius 3 is 2.75 bits per heavy atom. The normalized spacial score (nSPS) is 11.3. The Kier molecular flexibility index (Phi) is 3.96. The first-order valence-electron chi connectivity index (χ1n) is 5.75. The summed E-state index contributed by atoms with van der Waals surface area (Å²) in [5, 5.41) is 12.9. The third kappa shape index (κ3) is 2.91. The number of nitrogens with one attached hydrogen (secondary N) is 1. The quantitative estimate of drug-likeness (QED) is 0.848. The van der Waals surface area contributed by atoms with Gasteiger partial charge >= 0.3 is 0 Å². The zero-order chi connectivity index (χ0) is 14.8. The molecule has 108 valence electrons. The molecule has 0 aliphatic rings. The second-order valence-corrected chi connectivity index (χ2v) is 5.80. The van der Waals surface area contributed by atoms with Gasteiger partial charge in [-0.1, -0.05) is 6.07 Å². The van der Waals surface area contributed by atoms with Gasteiger partial charge in [0.25, 0.3) is 10.0 Å². The number of aliphatic hydroxyl groups excluding tert-OH is 1. The van der Waals surface area contributed by atoms with Crippen LogP contribution in [-0.2, 0) is 23.7 Å². The Morgan fingerprint density at radius 2 is 2.20 bits per heavy atom. The molecule has 7 nitrogen and oxygen atoms in total. The van der Waals surface area contributed by atoms with Gasteiger partial charge in [0.15, 0.2) is 0 Å². The summed E-state index contributed by atoms with van der Waals surface area (Å²) in [6, 6.07) is 4.40. The smallest absolute Gasteiger partial charge is 0.265 e. The second kappa shape index (κ2) is 5.51. The van der Waals surface area contributed by atoms with Gasteiger partial charge in [0.05, 0.1) is 25.6 Å². The van der Waals surface area contributed by atoms with E-state index in [1.165, 1.54) is 36.2 Å². The fourth-order valence-corrected chi connectivity index (χ4v) is 2.90. The van der Waals surface area contributed by atoms with Crippen molar-refractivity contribution in [3.05, 3.63) is 36.2 Å². The minimum absolute atomic E-state index is 0.000975. The molecule has 1 heterocycles. The summed E-state index contributed by atoms with van der Waals surface area (Å²) in [5.41, 5.74) is 0.933. The van der Waals surface area contributed by atoms with Crippen molar-refractivity contribution in [3.63, 3.8) is 0 Å². The van der Waals surface area contributed by atoms with Crippen molar-refractivity contribution < 1.29 is 18.3 Å². The number of aliphatic hydroxyl groups is 1. The van der Waals surface area contributed by atoms with E-state index >= 15 is 0 Å². The Hall–Kier alpha value is -2.06. The number of ether oxygens (including phenoxy) is 1. The molecule has 0 fully saturated rings. The zero-order valence-corrected chi connectivity index (χ0v) is 11.9. The molecule has 0 spiro atoms. The van der Waals surface area contributed by atoms with E-state index in [0.29, 0.717) is 11.3 Å². The van der Waals surface area contributed by atoms with Crippen molar-refractivity contribution in [2.45, 2.75) is 11.5 Å². The fourth-order valence-electron chi connectivity index (χ4n) is 1.72. The van der Waals surface area contributed by atoms with Crippen LogP contribution in [0.3, 0.4) is 0 Å². The number of hydrogen-bond acceptors (Lipinski definition) is 5. The largest absolute Gasteiger partial charge is 0.495 e. The zero-order valence-electron chi connectivity index (χ0n) is 11.1. The van der Waals surface area contributed by atoms with Crippen LogP contribution in [0.5, 0.6) is 5.75 Å². The van der Waals surface area contributed by atoms with Crippen molar-refractivity contribution in [1.82, 2.24) is 9.78 Å². The van der Waals surface area contributed by atoms with Gasteiger partial charge in [-0.2, -0.15) is 5.10 Å². The number of hydrogen-bond donors (Lipinski definition) is 2. The third-order valence-electron chi connectivity index (χ3n) is 2.66. The molecule has 2 aromatic rings. The van der Waals surface area contributed by atoms with Crippen molar-refractivity contribution in [2.75, 3.05) is 11.8 Å². The van der Waals surface area contributed by atoms with Gasteiger partial charge in [-0.3, -0.25) is 9.40 Å². The molecule has 0 bridgehead atoms. The SMILES string of the molecule is COc1cc(CO)ccc1S(=O)(=O)Nc1cnn(C)c1. The molecule has 20 heavy (non-hydrogen) atoms. The van der Waals surface area contributed by atoms with Crippen LogP contribution in [0.1, 0.15) is 5.56 Å². The molecule has 0 saturated carbocycles. The molecule has 0 amide bonds. The molecule has 2 rings (SSSR count). The Balaban J connectivity index is 2.38. The maximum absolute atomic E-state index is 12.3. The van der Waals surface area contributed by atoms with E-state index in [2.05, 4.69) is 9.82 Å². The lowest BCUT2D eigenvalue weighted by atomic mass is 10.2. The van der Waals surface area contributed by atoms with Crippen molar-refractivity contribution >= 4 is 15.7 Å². The molecule has 1 aromatic carbocycles. The summed E-state index contributed by atoms with van der Waals surface area (Å²) < 4.78 is 33.6. The number of aromatic nitrogens is 2. The van der Waals surface area contributed by atoms with E-state index in [4.69, 9.17) is 9.84 Å². The highest BCUT2D eigenvalue weighted by molar-refractivity contribution is 7.92. The number of methoxy groups -OCH3 is 1. The fraction of sp³-hybridized carbons (Fsp3) is 0.250. The maximum atomic E-state index is 12.3. The number of sulfonamides is 1. The van der Waals surface area contributed by atoms with Gasteiger partial charge < -0.3 is 9.84 Å². The van der Waals surface area contributed by atoms with Gasteiger partial charge in [0, 0.05) is 13.2 Å². The van der Waals surface area contributed by atoms with E-state index in [9.17, 15) is 8.42 Å². The summed E-state index contributed by atoms with van der Waals surface area (Å²) in [6.07, 6.45) is 2.96. The number of aryl methyl sites for hydroxylation is 1. The summed E-state index contributed by atoms with van der Waals surface area (Å²) in [7, 11) is -0.714. The molecule has 1 aromatic heterocycles. The van der Waals surface area contributed by atoms with Crippen LogP contribution in [0.2, 0.25) is 0 Å². The van der Waals surface area contributed by atoms with E-state index in [1.54, 1.807) is 13.2 Å². The van der Waals surface area contributed by atoms with Gasteiger partial charge in [-0.25, -0.2) is 8.42 Å². The van der Waals surface area contributed by atoms with Crippen LogP contribution in [0.15, 0.2) is 35.5 Å². The highest BCUT2D eigenvalue weighted by atomic mass is 32.2. The number of anilines is 1. The Morgan fingerprint density at radius 1 is 1.45 bits per heavy atom. The Bertz CT molecular complexity index is 709. The first-order valence-corrected chi connectivity index (χ1v) is 7.24. The molecular weight excluding hydrogens is 282 g/mol. The molecule has 8 heteroatoms. The van der Waals surface area contributed by atoms with E-state index < -0.39 is 10.0 Å². The van der Waals surface area contributed by atoms with Crippen molar-refractivity contribution in [1.29, 1.82) is 0 Å². The highest BCUT2D eigenvalue weighted by Gasteiger charge is 2.20. The standard InChI is InChI=1S/C12H15N3O4S/c1-15-7-10(6-13-15)14-20(17,18)12-4-3-9(8-16)5-11(12)19-2/h3-7,14,16H,8H2,1-2H3. The molecule has 0 atom stereocenters. The molecule has 0 radical (unpaired) electrons. The van der Waals surface area contributed by atoms with Crippen LogP contribution in [-0.4, -0.2) is 30.4 Å². The third-order valence-corrected chi connectivity index (χ3v) is 4.08. The van der Waals surface area contributed by atoms with Gasteiger partial charge in [0.1, 0.15) is 10.6 Å². The van der Waals surface area contributed by atoms with E-state index in [0.717, 1.165) is 0 Å². The minimum Gasteiger partial charge on any atom is -0.495 e. The predicted octanol–water partition coefficient (Wildman–Crippen LogP) is 0.722. The van der Waals surface area contributed by atoms with E-state index in [1.807, 2.05) is 0 Å². The lowest BCUT2D eigenvalue weighted by Crippen LogP contribution is -2.14. The number of benzene rings is 1. The number of nitrogens with zero attached hydrogens (tertiary/aromatic N) is 2. The van der Waals surface area contributed by atoms with Crippen molar-refractivity contribution in [3.8, 4) is 5.75 Å². The van der Waals surface area contributed by atoms with Crippen LogP contribution in [0, 0.1) is 0 Å². The lowest BCUT2D eigenvalue weighted by molar-refractivity contribution is 0.280. The average Bonchev–Trinajstić information content (AvgIpc) is 2.82. The molecule has 0 aliphatic carbocycles. The number of rotatable bonds is 5. The molecule has 2 N–H and O–H groups in total.